The fourth-order valence-corrected chi connectivity index (χ4v) is 2.74. The van der Waals surface area contributed by atoms with Gasteiger partial charge in [0.25, 0.3) is 5.89 Å². The van der Waals surface area contributed by atoms with Gasteiger partial charge >= 0.3 is 0 Å². The smallest absolute Gasteiger partial charge is 0.258 e. The van der Waals surface area contributed by atoms with E-state index in [1.54, 1.807) is 24.3 Å². The highest BCUT2D eigenvalue weighted by Crippen LogP contribution is 2.29. The fourth-order valence-electron chi connectivity index (χ4n) is 2.74. The predicted molar refractivity (Wildman–Crippen MR) is 92.7 cm³/mol. The average Bonchev–Trinajstić information content (AvgIpc) is 3.11. The number of ether oxygens (including phenoxy) is 1. The minimum atomic E-state index is 0.431. The molecule has 124 valence electrons. The summed E-state index contributed by atoms with van der Waals surface area (Å²) in [6, 6.07) is 16.9. The molecule has 1 saturated carbocycles. The maximum absolute atomic E-state index is 8.86. The standard InChI is InChI=1S/C20H17N3O2/c21-12-14-7-9-16(10-8-14)20-22-19(23-25-20)17-5-2-6-18(11-17)24-13-15-3-1-4-15/h2,5-11,15H,1,3-4,13H2. The Bertz CT molecular complexity index is 905. The summed E-state index contributed by atoms with van der Waals surface area (Å²) in [7, 11) is 0. The minimum absolute atomic E-state index is 0.431. The fraction of sp³-hybridized carbons (Fsp3) is 0.250. The molecule has 1 aliphatic carbocycles. The Hall–Kier alpha value is -3.13. The lowest BCUT2D eigenvalue weighted by Gasteiger charge is -2.25. The quantitative estimate of drug-likeness (QED) is 0.690. The van der Waals surface area contributed by atoms with E-state index < -0.39 is 0 Å². The first-order valence-corrected chi connectivity index (χ1v) is 8.39. The van der Waals surface area contributed by atoms with Crippen LogP contribution in [0.2, 0.25) is 0 Å². The zero-order valence-electron chi connectivity index (χ0n) is 13.7. The number of rotatable bonds is 5. The van der Waals surface area contributed by atoms with E-state index in [0.29, 0.717) is 23.2 Å². The van der Waals surface area contributed by atoms with Crippen LogP contribution in [-0.2, 0) is 0 Å². The Morgan fingerprint density at radius 1 is 1.12 bits per heavy atom. The van der Waals surface area contributed by atoms with E-state index in [0.717, 1.165) is 23.5 Å². The second-order valence-corrected chi connectivity index (χ2v) is 6.25. The highest BCUT2D eigenvalue weighted by atomic mass is 16.5. The number of hydrogen-bond acceptors (Lipinski definition) is 5. The summed E-state index contributed by atoms with van der Waals surface area (Å²) in [5.41, 5.74) is 2.24. The summed E-state index contributed by atoms with van der Waals surface area (Å²) in [5.74, 6) is 2.47. The molecule has 0 bridgehead atoms. The van der Waals surface area contributed by atoms with Gasteiger partial charge in [-0.25, -0.2) is 0 Å². The van der Waals surface area contributed by atoms with Crippen molar-refractivity contribution >= 4 is 0 Å². The van der Waals surface area contributed by atoms with Gasteiger partial charge in [-0.05, 0) is 55.2 Å². The van der Waals surface area contributed by atoms with E-state index >= 15 is 0 Å². The number of hydrogen-bond donors (Lipinski definition) is 0. The van der Waals surface area contributed by atoms with E-state index in [9.17, 15) is 0 Å². The van der Waals surface area contributed by atoms with E-state index in [-0.39, 0.29) is 0 Å². The van der Waals surface area contributed by atoms with Crippen molar-refractivity contribution < 1.29 is 9.26 Å². The number of aromatic nitrogens is 2. The van der Waals surface area contributed by atoms with Gasteiger partial charge in [-0.15, -0.1) is 0 Å². The van der Waals surface area contributed by atoms with Crippen LogP contribution in [0.15, 0.2) is 53.1 Å². The largest absolute Gasteiger partial charge is 0.493 e. The zero-order chi connectivity index (χ0) is 17.1. The molecule has 0 N–H and O–H groups in total. The Morgan fingerprint density at radius 3 is 2.68 bits per heavy atom. The Morgan fingerprint density at radius 2 is 1.96 bits per heavy atom. The molecule has 25 heavy (non-hydrogen) atoms. The van der Waals surface area contributed by atoms with Gasteiger partial charge in [-0.1, -0.05) is 23.7 Å². The van der Waals surface area contributed by atoms with E-state index in [2.05, 4.69) is 16.2 Å². The maximum atomic E-state index is 8.86. The lowest BCUT2D eigenvalue weighted by molar-refractivity contribution is 0.180. The molecule has 0 radical (unpaired) electrons. The van der Waals surface area contributed by atoms with E-state index in [1.165, 1.54) is 19.3 Å². The number of benzene rings is 2. The molecule has 2 aromatic carbocycles. The molecule has 5 nitrogen and oxygen atoms in total. The third-order valence-electron chi connectivity index (χ3n) is 4.49. The number of nitriles is 1. The molecule has 0 unspecified atom stereocenters. The van der Waals surface area contributed by atoms with Gasteiger partial charge < -0.3 is 9.26 Å². The predicted octanol–water partition coefficient (Wildman–Crippen LogP) is 4.45. The van der Waals surface area contributed by atoms with Gasteiger partial charge in [-0.3, -0.25) is 0 Å². The third-order valence-corrected chi connectivity index (χ3v) is 4.49. The first kappa shape index (κ1) is 15.4. The van der Waals surface area contributed by atoms with Crippen molar-refractivity contribution in [1.82, 2.24) is 10.1 Å². The van der Waals surface area contributed by atoms with Gasteiger partial charge in [-0.2, -0.15) is 10.2 Å². The van der Waals surface area contributed by atoms with Crippen LogP contribution < -0.4 is 4.74 Å². The van der Waals surface area contributed by atoms with Crippen molar-refractivity contribution in [3.63, 3.8) is 0 Å². The lowest BCUT2D eigenvalue weighted by atomic mass is 9.86. The van der Waals surface area contributed by atoms with E-state index in [4.69, 9.17) is 14.5 Å². The maximum Gasteiger partial charge on any atom is 0.258 e. The van der Waals surface area contributed by atoms with Gasteiger partial charge in [0.1, 0.15) is 5.75 Å². The van der Waals surface area contributed by atoms with Crippen molar-refractivity contribution in [3.8, 4) is 34.7 Å². The topological polar surface area (TPSA) is 71.9 Å². The average molecular weight is 331 g/mol. The summed E-state index contributed by atoms with van der Waals surface area (Å²) >= 11 is 0. The van der Waals surface area contributed by atoms with Crippen LogP contribution in [0.3, 0.4) is 0 Å². The molecule has 1 heterocycles. The van der Waals surface area contributed by atoms with Crippen LogP contribution in [-0.4, -0.2) is 16.7 Å². The molecule has 0 spiro atoms. The van der Waals surface area contributed by atoms with Gasteiger partial charge in [0, 0.05) is 11.1 Å². The van der Waals surface area contributed by atoms with Crippen LogP contribution in [0, 0.1) is 17.2 Å². The van der Waals surface area contributed by atoms with Crippen LogP contribution in [0.5, 0.6) is 5.75 Å². The minimum Gasteiger partial charge on any atom is -0.493 e. The highest BCUT2D eigenvalue weighted by Gasteiger charge is 2.18. The Labute approximate surface area is 145 Å². The second-order valence-electron chi connectivity index (χ2n) is 6.25. The van der Waals surface area contributed by atoms with Gasteiger partial charge in [0.15, 0.2) is 0 Å². The van der Waals surface area contributed by atoms with Crippen molar-refractivity contribution in [2.24, 2.45) is 5.92 Å². The summed E-state index contributed by atoms with van der Waals surface area (Å²) in [6.45, 7) is 0.770. The molecule has 3 aromatic rings. The first-order chi connectivity index (χ1) is 12.3. The molecule has 5 heteroatoms. The van der Waals surface area contributed by atoms with Crippen molar-refractivity contribution in [1.29, 1.82) is 5.26 Å². The molecule has 0 saturated heterocycles. The van der Waals surface area contributed by atoms with Crippen LogP contribution >= 0.6 is 0 Å². The molecule has 1 fully saturated rings. The zero-order valence-corrected chi connectivity index (χ0v) is 13.7. The molecular weight excluding hydrogens is 314 g/mol. The first-order valence-electron chi connectivity index (χ1n) is 8.39. The van der Waals surface area contributed by atoms with Crippen LogP contribution in [0.1, 0.15) is 24.8 Å². The molecule has 0 amide bonds. The summed E-state index contributed by atoms with van der Waals surface area (Å²) in [4.78, 5) is 4.45. The molecule has 1 aromatic heterocycles. The summed E-state index contributed by atoms with van der Waals surface area (Å²) < 4.78 is 11.2. The lowest BCUT2D eigenvalue weighted by Crippen LogP contribution is -2.19. The summed E-state index contributed by atoms with van der Waals surface area (Å²) in [5, 5.41) is 12.9. The molecule has 1 aliphatic rings. The van der Waals surface area contributed by atoms with Gasteiger partial charge in [0.2, 0.25) is 5.82 Å². The van der Waals surface area contributed by atoms with Gasteiger partial charge in [0.05, 0.1) is 18.2 Å². The van der Waals surface area contributed by atoms with Crippen LogP contribution in [0.25, 0.3) is 22.8 Å². The van der Waals surface area contributed by atoms with Crippen molar-refractivity contribution in [3.05, 3.63) is 54.1 Å². The van der Waals surface area contributed by atoms with Crippen molar-refractivity contribution in [2.45, 2.75) is 19.3 Å². The molecular formula is C20H17N3O2. The normalized spacial score (nSPS) is 13.9. The Kier molecular flexibility index (Phi) is 4.17. The Balaban J connectivity index is 1.51. The van der Waals surface area contributed by atoms with Crippen LogP contribution in [0.4, 0.5) is 0 Å². The molecule has 0 atom stereocenters. The second kappa shape index (κ2) is 6.78. The summed E-state index contributed by atoms with van der Waals surface area (Å²) in [6.07, 6.45) is 3.84. The highest BCUT2D eigenvalue weighted by molar-refractivity contribution is 5.61. The molecule has 0 aliphatic heterocycles. The van der Waals surface area contributed by atoms with E-state index in [1.807, 2.05) is 24.3 Å². The van der Waals surface area contributed by atoms with Crippen molar-refractivity contribution in [2.75, 3.05) is 6.61 Å². The SMILES string of the molecule is N#Cc1ccc(-c2nc(-c3cccc(OCC4CCC4)c3)no2)cc1. The third kappa shape index (κ3) is 3.38. The number of nitrogens with zero attached hydrogens (tertiary/aromatic N) is 3. The molecule has 4 rings (SSSR count). The monoisotopic (exact) mass is 331 g/mol.